The monoisotopic (exact) mass is 346 g/mol. The van der Waals surface area contributed by atoms with Crippen molar-refractivity contribution in [2.45, 2.75) is 4.83 Å². The van der Waals surface area contributed by atoms with Gasteiger partial charge >= 0.3 is 0 Å². The molecule has 0 N–H and O–H groups in total. The molecule has 18 heavy (non-hydrogen) atoms. The van der Waals surface area contributed by atoms with Gasteiger partial charge in [-0.2, -0.15) is 0 Å². The zero-order valence-electron chi connectivity index (χ0n) is 9.94. The van der Waals surface area contributed by atoms with Crippen LogP contribution in [0.3, 0.4) is 0 Å². The van der Waals surface area contributed by atoms with Gasteiger partial charge in [0, 0.05) is 10.9 Å². The summed E-state index contributed by atoms with van der Waals surface area (Å²) in [5.41, 5.74) is 1.07. The maximum Gasteiger partial charge on any atom is 0.122 e. The first kappa shape index (κ1) is 13.7. The first-order valence-electron chi connectivity index (χ1n) is 5.26. The van der Waals surface area contributed by atoms with Gasteiger partial charge < -0.3 is 9.47 Å². The predicted molar refractivity (Wildman–Crippen MR) is 79.6 cm³/mol. The fourth-order valence-electron chi connectivity index (χ4n) is 1.60. The van der Waals surface area contributed by atoms with Gasteiger partial charge in [-0.1, -0.05) is 27.5 Å². The number of halogens is 2. The highest BCUT2D eigenvalue weighted by atomic mass is 79.9. The van der Waals surface area contributed by atoms with Crippen LogP contribution in [0.2, 0.25) is 4.34 Å². The summed E-state index contributed by atoms with van der Waals surface area (Å²) in [4.78, 5) is 1.23. The Kier molecular flexibility index (Phi) is 4.54. The molecule has 0 aliphatic rings. The Bertz CT molecular complexity index is 519. The molecule has 2 rings (SSSR count). The second-order valence-corrected chi connectivity index (χ2v) is 6.31. The van der Waals surface area contributed by atoms with Crippen LogP contribution in [0.1, 0.15) is 15.3 Å². The molecule has 0 aliphatic carbocycles. The van der Waals surface area contributed by atoms with Gasteiger partial charge in [-0.25, -0.2) is 0 Å². The number of alkyl halides is 1. The molecular weight excluding hydrogens is 336 g/mol. The fourth-order valence-corrected chi connectivity index (χ4v) is 3.37. The molecule has 1 aromatic heterocycles. The largest absolute Gasteiger partial charge is 0.497 e. The summed E-state index contributed by atoms with van der Waals surface area (Å²) >= 11 is 11.2. The third-order valence-electron chi connectivity index (χ3n) is 2.51. The Morgan fingerprint density at radius 1 is 1.11 bits per heavy atom. The van der Waals surface area contributed by atoms with E-state index in [1.54, 1.807) is 25.6 Å². The maximum absolute atomic E-state index is 5.96. The summed E-state index contributed by atoms with van der Waals surface area (Å²) in [7, 11) is 3.29. The predicted octanol–water partition coefficient (Wildman–Crippen LogP) is 4.90. The Balaban J connectivity index is 2.37. The van der Waals surface area contributed by atoms with E-state index < -0.39 is 0 Å². The SMILES string of the molecule is COc1cc(OC)cc(C(Br)c2ccc(Cl)s2)c1. The van der Waals surface area contributed by atoms with Crippen LogP contribution < -0.4 is 9.47 Å². The summed E-state index contributed by atoms with van der Waals surface area (Å²) in [5, 5.41) is 0. The molecule has 1 aromatic carbocycles. The number of hydrogen-bond donors (Lipinski definition) is 0. The van der Waals surface area contributed by atoms with Gasteiger partial charge in [-0.15, -0.1) is 11.3 Å². The minimum atomic E-state index is 0.0824. The molecule has 0 aliphatic heterocycles. The molecule has 96 valence electrons. The van der Waals surface area contributed by atoms with Crippen molar-refractivity contribution in [2.75, 3.05) is 14.2 Å². The summed E-state index contributed by atoms with van der Waals surface area (Å²) < 4.78 is 11.3. The number of benzene rings is 1. The topological polar surface area (TPSA) is 18.5 Å². The molecule has 0 fully saturated rings. The standard InChI is InChI=1S/C13H12BrClO2S/c1-16-9-5-8(6-10(7-9)17-2)13(14)11-3-4-12(15)18-11/h3-7,13H,1-2H3. The second kappa shape index (κ2) is 5.95. The molecule has 1 unspecified atom stereocenters. The van der Waals surface area contributed by atoms with E-state index in [2.05, 4.69) is 15.9 Å². The molecule has 1 heterocycles. The minimum Gasteiger partial charge on any atom is -0.497 e. The lowest BCUT2D eigenvalue weighted by Crippen LogP contribution is -1.94. The molecule has 1 atom stereocenters. The molecule has 2 nitrogen and oxygen atoms in total. The summed E-state index contributed by atoms with van der Waals surface area (Å²) in [5.74, 6) is 1.55. The quantitative estimate of drug-likeness (QED) is 0.732. The van der Waals surface area contributed by atoms with E-state index in [0.717, 1.165) is 26.3 Å². The van der Waals surface area contributed by atoms with Gasteiger partial charge in [0.05, 0.1) is 23.4 Å². The normalized spacial score (nSPS) is 12.2. The minimum absolute atomic E-state index is 0.0824. The first-order chi connectivity index (χ1) is 8.63. The molecule has 0 saturated heterocycles. The average molecular weight is 348 g/mol. The number of rotatable bonds is 4. The fraction of sp³-hybridized carbons (Fsp3) is 0.231. The molecule has 0 spiro atoms. The van der Waals surface area contributed by atoms with Crippen LogP contribution in [0.15, 0.2) is 30.3 Å². The van der Waals surface area contributed by atoms with Crippen LogP contribution >= 0.6 is 38.9 Å². The Morgan fingerprint density at radius 3 is 2.17 bits per heavy atom. The first-order valence-corrected chi connectivity index (χ1v) is 7.37. The van der Waals surface area contributed by atoms with Crippen LogP contribution in [0.25, 0.3) is 0 Å². The van der Waals surface area contributed by atoms with Crippen molar-refractivity contribution >= 4 is 38.9 Å². The van der Waals surface area contributed by atoms with E-state index in [1.165, 1.54) is 0 Å². The maximum atomic E-state index is 5.96. The van der Waals surface area contributed by atoms with Gasteiger partial charge in [-0.05, 0) is 29.8 Å². The van der Waals surface area contributed by atoms with Crippen molar-refractivity contribution in [3.63, 3.8) is 0 Å². The molecule has 2 aromatic rings. The lowest BCUT2D eigenvalue weighted by Gasteiger charge is -2.12. The summed E-state index contributed by atoms with van der Waals surface area (Å²) in [6.45, 7) is 0. The summed E-state index contributed by atoms with van der Waals surface area (Å²) in [6, 6.07) is 9.72. The Morgan fingerprint density at radius 2 is 1.72 bits per heavy atom. The highest BCUT2D eigenvalue weighted by Crippen LogP contribution is 2.39. The number of hydrogen-bond acceptors (Lipinski definition) is 3. The molecule has 0 amide bonds. The van der Waals surface area contributed by atoms with Crippen LogP contribution in [0.5, 0.6) is 11.5 Å². The van der Waals surface area contributed by atoms with E-state index >= 15 is 0 Å². The van der Waals surface area contributed by atoms with Crippen molar-refractivity contribution in [2.24, 2.45) is 0 Å². The average Bonchev–Trinajstić information content (AvgIpc) is 2.83. The Labute approximate surface area is 124 Å². The summed E-state index contributed by atoms with van der Waals surface area (Å²) in [6.07, 6.45) is 0. The van der Waals surface area contributed by atoms with Crippen molar-refractivity contribution in [3.05, 3.63) is 45.1 Å². The highest BCUT2D eigenvalue weighted by Gasteiger charge is 2.15. The van der Waals surface area contributed by atoms with Gasteiger partial charge in [0.25, 0.3) is 0 Å². The molecular formula is C13H12BrClO2S. The zero-order valence-corrected chi connectivity index (χ0v) is 13.1. The zero-order chi connectivity index (χ0) is 13.1. The van der Waals surface area contributed by atoms with Gasteiger partial charge in [0.15, 0.2) is 0 Å². The van der Waals surface area contributed by atoms with Crippen LogP contribution in [0, 0.1) is 0 Å². The van der Waals surface area contributed by atoms with Crippen LogP contribution in [-0.2, 0) is 0 Å². The molecule has 0 saturated carbocycles. The van der Waals surface area contributed by atoms with E-state index in [4.69, 9.17) is 21.1 Å². The van der Waals surface area contributed by atoms with Crippen LogP contribution in [-0.4, -0.2) is 14.2 Å². The number of methoxy groups -OCH3 is 2. The van der Waals surface area contributed by atoms with E-state index in [9.17, 15) is 0 Å². The van der Waals surface area contributed by atoms with E-state index in [1.807, 2.05) is 30.3 Å². The van der Waals surface area contributed by atoms with Crippen molar-refractivity contribution in [1.29, 1.82) is 0 Å². The second-order valence-electron chi connectivity index (χ2n) is 3.65. The Hall–Kier alpha value is -0.710. The van der Waals surface area contributed by atoms with Crippen LogP contribution in [0.4, 0.5) is 0 Å². The van der Waals surface area contributed by atoms with Gasteiger partial charge in [0.2, 0.25) is 0 Å². The third kappa shape index (κ3) is 2.99. The molecule has 5 heteroatoms. The third-order valence-corrected chi connectivity index (χ3v) is 5.13. The highest BCUT2D eigenvalue weighted by molar-refractivity contribution is 9.09. The molecule has 0 radical (unpaired) electrons. The van der Waals surface area contributed by atoms with Crippen molar-refractivity contribution in [3.8, 4) is 11.5 Å². The smallest absolute Gasteiger partial charge is 0.122 e. The van der Waals surface area contributed by atoms with Gasteiger partial charge in [-0.3, -0.25) is 0 Å². The van der Waals surface area contributed by atoms with E-state index in [-0.39, 0.29) is 4.83 Å². The van der Waals surface area contributed by atoms with E-state index in [0.29, 0.717) is 0 Å². The number of thiophene rings is 1. The lowest BCUT2D eigenvalue weighted by molar-refractivity contribution is 0.393. The number of ether oxygens (including phenoxy) is 2. The van der Waals surface area contributed by atoms with Crippen molar-refractivity contribution in [1.82, 2.24) is 0 Å². The van der Waals surface area contributed by atoms with Gasteiger partial charge in [0.1, 0.15) is 11.5 Å². The lowest BCUT2D eigenvalue weighted by atomic mass is 10.1. The van der Waals surface area contributed by atoms with Crippen molar-refractivity contribution < 1.29 is 9.47 Å². The molecule has 0 bridgehead atoms.